The fourth-order valence-corrected chi connectivity index (χ4v) is 3.00. The molecule has 2 rings (SSSR count). The molecule has 2 heterocycles. The van der Waals surface area contributed by atoms with E-state index in [9.17, 15) is 4.79 Å². The van der Waals surface area contributed by atoms with Crippen LogP contribution < -0.4 is 5.32 Å². The summed E-state index contributed by atoms with van der Waals surface area (Å²) in [6.45, 7) is 9.87. The van der Waals surface area contributed by atoms with Crippen molar-refractivity contribution in [1.29, 1.82) is 0 Å². The lowest BCUT2D eigenvalue weighted by molar-refractivity contribution is -0.140. The van der Waals surface area contributed by atoms with Gasteiger partial charge in [-0.15, -0.1) is 0 Å². The second-order valence-corrected chi connectivity index (χ2v) is 6.76. The zero-order chi connectivity index (χ0) is 12.5. The Morgan fingerprint density at radius 3 is 2.82 bits per heavy atom. The van der Waals surface area contributed by atoms with E-state index in [0.29, 0.717) is 23.3 Å². The highest BCUT2D eigenvalue weighted by molar-refractivity contribution is 5.77. The average molecular weight is 238 g/mol. The molecule has 3 heteroatoms. The summed E-state index contributed by atoms with van der Waals surface area (Å²) in [5.74, 6) is 1.08. The van der Waals surface area contributed by atoms with Crippen molar-refractivity contribution >= 4 is 5.91 Å². The van der Waals surface area contributed by atoms with Gasteiger partial charge in [0.25, 0.3) is 0 Å². The Kier molecular flexibility index (Phi) is 3.76. The third-order valence-corrected chi connectivity index (χ3v) is 4.12. The molecule has 2 aliphatic heterocycles. The molecular weight excluding hydrogens is 212 g/mol. The van der Waals surface area contributed by atoms with Gasteiger partial charge in [0.05, 0.1) is 0 Å². The number of nitrogens with one attached hydrogen (secondary N) is 1. The topological polar surface area (TPSA) is 32.3 Å². The van der Waals surface area contributed by atoms with Gasteiger partial charge in [-0.25, -0.2) is 0 Å². The van der Waals surface area contributed by atoms with Gasteiger partial charge in [-0.2, -0.15) is 0 Å². The first kappa shape index (κ1) is 12.9. The van der Waals surface area contributed by atoms with Crippen molar-refractivity contribution in [1.82, 2.24) is 10.2 Å². The lowest BCUT2D eigenvalue weighted by atomic mass is 9.83. The van der Waals surface area contributed by atoms with Crippen LogP contribution in [0, 0.1) is 11.3 Å². The van der Waals surface area contributed by atoms with Crippen molar-refractivity contribution < 1.29 is 4.79 Å². The number of hydrogen-bond donors (Lipinski definition) is 1. The number of amides is 1. The van der Waals surface area contributed by atoms with E-state index in [1.54, 1.807) is 0 Å². The maximum Gasteiger partial charge on any atom is 0.222 e. The molecule has 2 atom stereocenters. The number of nitrogens with zero attached hydrogens (tertiary/aromatic N) is 1. The highest BCUT2D eigenvalue weighted by Gasteiger charge is 2.37. The molecule has 0 aromatic rings. The smallest absolute Gasteiger partial charge is 0.222 e. The Balaban J connectivity index is 1.98. The van der Waals surface area contributed by atoms with Gasteiger partial charge in [-0.3, -0.25) is 4.79 Å². The number of fused-ring (bicyclic) bond motifs is 1. The average Bonchev–Trinajstić information content (AvgIpc) is 2.26. The summed E-state index contributed by atoms with van der Waals surface area (Å²) >= 11 is 0. The van der Waals surface area contributed by atoms with E-state index in [1.807, 2.05) is 0 Å². The second kappa shape index (κ2) is 4.97. The summed E-state index contributed by atoms with van der Waals surface area (Å²) in [5, 5.41) is 3.45. The predicted molar refractivity (Wildman–Crippen MR) is 69.8 cm³/mol. The number of piperidine rings is 2. The SMILES string of the molecule is CC(C)(C)CCN1C(=O)CCC2CNCCC21. The molecule has 2 fully saturated rings. The molecule has 0 bridgehead atoms. The molecule has 0 spiro atoms. The number of hydrogen-bond acceptors (Lipinski definition) is 2. The number of carbonyl (C=O) groups excluding carboxylic acids is 1. The molecule has 2 aliphatic rings. The maximum absolute atomic E-state index is 12.1. The Bertz CT molecular complexity index is 282. The molecule has 2 saturated heterocycles. The molecule has 98 valence electrons. The quantitative estimate of drug-likeness (QED) is 0.798. The lowest BCUT2D eigenvalue weighted by Crippen LogP contribution is -2.55. The normalized spacial score (nSPS) is 30.3. The second-order valence-electron chi connectivity index (χ2n) is 6.76. The molecule has 3 nitrogen and oxygen atoms in total. The van der Waals surface area contributed by atoms with E-state index in [0.717, 1.165) is 45.3 Å². The number of rotatable bonds is 2. The summed E-state index contributed by atoms with van der Waals surface area (Å²) in [4.78, 5) is 14.3. The van der Waals surface area contributed by atoms with Gasteiger partial charge in [0, 0.05) is 19.0 Å². The highest BCUT2D eigenvalue weighted by Crippen LogP contribution is 2.30. The highest BCUT2D eigenvalue weighted by atomic mass is 16.2. The van der Waals surface area contributed by atoms with E-state index < -0.39 is 0 Å². The first-order valence-corrected chi connectivity index (χ1v) is 6.97. The van der Waals surface area contributed by atoms with Gasteiger partial charge in [-0.1, -0.05) is 20.8 Å². The molecule has 2 unspecified atom stereocenters. The molecule has 17 heavy (non-hydrogen) atoms. The first-order valence-electron chi connectivity index (χ1n) is 6.97. The molecule has 0 aromatic carbocycles. The van der Waals surface area contributed by atoms with E-state index in [4.69, 9.17) is 0 Å². The molecule has 0 saturated carbocycles. The zero-order valence-electron chi connectivity index (χ0n) is 11.5. The van der Waals surface area contributed by atoms with Crippen LogP contribution in [-0.4, -0.2) is 36.5 Å². The van der Waals surface area contributed by atoms with Crippen molar-refractivity contribution in [3.63, 3.8) is 0 Å². The van der Waals surface area contributed by atoms with Gasteiger partial charge < -0.3 is 10.2 Å². The fraction of sp³-hybridized carbons (Fsp3) is 0.929. The van der Waals surface area contributed by atoms with Crippen LogP contribution in [0.2, 0.25) is 0 Å². The molecule has 0 aliphatic carbocycles. The monoisotopic (exact) mass is 238 g/mol. The fourth-order valence-electron chi connectivity index (χ4n) is 3.00. The summed E-state index contributed by atoms with van der Waals surface area (Å²) < 4.78 is 0. The van der Waals surface area contributed by atoms with Crippen LogP contribution in [0.4, 0.5) is 0 Å². The minimum absolute atomic E-state index is 0.320. The minimum atomic E-state index is 0.320. The summed E-state index contributed by atoms with van der Waals surface area (Å²) in [5.41, 5.74) is 0.320. The Morgan fingerprint density at radius 1 is 1.35 bits per heavy atom. The van der Waals surface area contributed by atoms with Gasteiger partial charge >= 0.3 is 0 Å². The Labute approximate surface area is 105 Å². The third kappa shape index (κ3) is 3.21. The van der Waals surface area contributed by atoms with Crippen LogP contribution in [0.5, 0.6) is 0 Å². The summed E-state index contributed by atoms with van der Waals surface area (Å²) in [6, 6.07) is 0.514. The van der Waals surface area contributed by atoms with Crippen LogP contribution in [0.1, 0.15) is 46.5 Å². The molecule has 0 radical (unpaired) electrons. The zero-order valence-corrected chi connectivity index (χ0v) is 11.5. The van der Waals surface area contributed by atoms with Gasteiger partial charge in [0.2, 0.25) is 5.91 Å². The van der Waals surface area contributed by atoms with Crippen LogP contribution in [0.3, 0.4) is 0 Å². The van der Waals surface area contributed by atoms with Crippen LogP contribution >= 0.6 is 0 Å². The Morgan fingerprint density at radius 2 is 2.12 bits per heavy atom. The number of carbonyl (C=O) groups is 1. The van der Waals surface area contributed by atoms with Gasteiger partial charge in [-0.05, 0) is 43.7 Å². The molecular formula is C14H26N2O. The van der Waals surface area contributed by atoms with E-state index in [1.165, 1.54) is 0 Å². The third-order valence-electron chi connectivity index (χ3n) is 4.12. The maximum atomic E-state index is 12.1. The van der Waals surface area contributed by atoms with E-state index in [2.05, 4.69) is 31.0 Å². The van der Waals surface area contributed by atoms with Gasteiger partial charge in [0.1, 0.15) is 0 Å². The summed E-state index contributed by atoms with van der Waals surface area (Å²) in [7, 11) is 0. The van der Waals surface area contributed by atoms with Crippen molar-refractivity contribution in [2.24, 2.45) is 11.3 Å². The first-order chi connectivity index (χ1) is 7.97. The van der Waals surface area contributed by atoms with Crippen molar-refractivity contribution in [2.45, 2.75) is 52.5 Å². The van der Waals surface area contributed by atoms with Crippen LogP contribution in [0.15, 0.2) is 0 Å². The molecule has 1 N–H and O–H groups in total. The lowest BCUT2D eigenvalue weighted by Gasteiger charge is -2.44. The molecule has 1 amide bonds. The van der Waals surface area contributed by atoms with Crippen LogP contribution in [0.25, 0.3) is 0 Å². The predicted octanol–water partition coefficient (Wildman–Crippen LogP) is 2.02. The minimum Gasteiger partial charge on any atom is -0.339 e. The summed E-state index contributed by atoms with van der Waals surface area (Å²) in [6.07, 6.45) is 4.09. The molecule has 0 aromatic heterocycles. The number of likely N-dealkylation sites (tertiary alicyclic amines) is 1. The van der Waals surface area contributed by atoms with Gasteiger partial charge in [0.15, 0.2) is 0 Å². The van der Waals surface area contributed by atoms with Crippen molar-refractivity contribution in [3.8, 4) is 0 Å². The van der Waals surface area contributed by atoms with Crippen LogP contribution in [-0.2, 0) is 4.79 Å². The van der Waals surface area contributed by atoms with E-state index in [-0.39, 0.29) is 0 Å². The largest absolute Gasteiger partial charge is 0.339 e. The standard InChI is InChI=1S/C14H26N2O/c1-14(2,3)7-9-16-12-6-8-15-10-11(12)4-5-13(16)17/h11-12,15H,4-10H2,1-3H3. The van der Waals surface area contributed by atoms with E-state index >= 15 is 0 Å². The van der Waals surface area contributed by atoms with Crippen molar-refractivity contribution in [2.75, 3.05) is 19.6 Å². The van der Waals surface area contributed by atoms with Crippen molar-refractivity contribution in [3.05, 3.63) is 0 Å². The Hall–Kier alpha value is -0.570.